The highest BCUT2D eigenvalue weighted by Gasteiger charge is 2.19. The maximum atomic E-state index is 11.8. The van der Waals surface area contributed by atoms with Crippen molar-refractivity contribution in [1.82, 2.24) is 4.98 Å². The Hall–Kier alpha value is -1.67. The summed E-state index contributed by atoms with van der Waals surface area (Å²) in [6.45, 7) is 1.44. The summed E-state index contributed by atoms with van der Waals surface area (Å²) in [5, 5.41) is 0.881. The number of thiophene rings is 1. The highest BCUT2D eigenvalue weighted by Crippen LogP contribution is 2.34. The van der Waals surface area contributed by atoms with Crippen LogP contribution in [-0.2, 0) is 9.53 Å². The molecule has 0 fully saturated rings. The molecule has 0 saturated heterocycles. The molecule has 0 aliphatic carbocycles. The Morgan fingerprint density at radius 2 is 2.11 bits per heavy atom. The average Bonchev–Trinajstić information content (AvgIpc) is 2.85. The Morgan fingerprint density at radius 3 is 2.63 bits per heavy atom. The van der Waals surface area contributed by atoms with Gasteiger partial charge in [-0.15, -0.1) is 11.3 Å². The van der Waals surface area contributed by atoms with Gasteiger partial charge in [-0.3, -0.25) is 4.79 Å². The van der Waals surface area contributed by atoms with Gasteiger partial charge in [-0.25, -0.2) is 9.78 Å². The van der Waals surface area contributed by atoms with Gasteiger partial charge in [-0.2, -0.15) is 0 Å². The van der Waals surface area contributed by atoms with E-state index in [4.69, 9.17) is 10.5 Å². The predicted molar refractivity (Wildman–Crippen MR) is 75.9 cm³/mol. The fraction of sp³-hybridized carbons (Fsp3) is 0.364. The van der Waals surface area contributed by atoms with E-state index >= 15 is 0 Å². The molecular weight excluding hydrogens is 286 g/mol. The van der Waals surface area contributed by atoms with Gasteiger partial charge in [-0.1, -0.05) is 11.3 Å². The number of ether oxygens (including phenoxy) is 1. The van der Waals surface area contributed by atoms with E-state index in [2.05, 4.69) is 4.98 Å². The number of hydrogen-bond acceptors (Lipinski definition) is 7. The summed E-state index contributed by atoms with van der Waals surface area (Å²) in [5.74, 6) is -1.22. The third-order valence-corrected chi connectivity index (χ3v) is 4.65. The number of esters is 1. The number of anilines is 1. The van der Waals surface area contributed by atoms with Crippen LogP contribution in [0.3, 0.4) is 0 Å². The van der Waals surface area contributed by atoms with Crippen molar-refractivity contribution in [3.63, 3.8) is 0 Å². The quantitative estimate of drug-likeness (QED) is 0.864. The Morgan fingerprint density at radius 1 is 1.42 bits per heavy atom. The zero-order chi connectivity index (χ0) is 14.2. The van der Waals surface area contributed by atoms with Crippen LogP contribution in [0.25, 0.3) is 9.53 Å². The van der Waals surface area contributed by atoms with Gasteiger partial charge in [0.25, 0.3) is 5.91 Å². The topological polar surface area (TPSA) is 85.5 Å². The highest BCUT2D eigenvalue weighted by atomic mass is 32.1. The van der Waals surface area contributed by atoms with Crippen molar-refractivity contribution in [2.75, 3.05) is 19.0 Å². The molecular formula is C11H13N3O3S2. The lowest BCUT2D eigenvalue weighted by Gasteiger charge is -2.07. The fourth-order valence-electron chi connectivity index (χ4n) is 1.29. The number of carbonyl (C=O) groups is 2. The molecule has 8 heteroatoms. The lowest BCUT2D eigenvalue weighted by molar-refractivity contribution is -0.125. The van der Waals surface area contributed by atoms with E-state index in [1.54, 1.807) is 6.07 Å². The van der Waals surface area contributed by atoms with Crippen molar-refractivity contribution >= 4 is 49.2 Å². The fourth-order valence-corrected chi connectivity index (χ4v) is 3.31. The molecule has 0 spiro atoms. The molecule has 2 aromatic rings. The molecule has 1 amide bonds. The van der Waals surface area contributed by atoms with Crippen molar-refractivity contribution in [3.8, 4) is 0 Å². The van der Waals surface area contributed by atoms with Crippen LogP contribution in [-0.4, -0.2) is 37.1 Å². The van der Waals surface area contributed by atoms with Crippen LogP contribution in [0.1, 0.15) is 16.6 Å². The Balaban J connectivity index is 2.19. The van der Waals surface area contributed by atoms with Crippen LogP contribution >= 0.6 is 22.7 Å². The molecule has 0 radical (unpaired) electrons. The van der Waals surface area contributed by atoms with Gasteiger partial charge in [-0.05, 0) is 13.0 Å². The summed E-state index contributed by atoms with van der Waals surface area (Å²) in [5.41, 5.74) is 5.04. The number of nitrogens with two attached hydrogens (primary N) is 1. The molecule has 0 aliphatic heterocycles. The van der Waals surface area contributed by atoms with Crippen LogP contribution in [0.4, 0.5) is 5.13 Å². The maximum absolute atomic E-state index is 11.8. The van der Waals surface area contributed by atoms with Crippen LogP contribution in [0.15, 0.2) is 6.07 Å². The van der Waals surface area contributed by atoms with E-state index in [1.165, 1.54) is 29.6 Å². The molecule has 102 valence electrons. The van der Waals surface area contributed by atoms with Gasteiger partial charge < -0.3 is 15.4 Å². The zero-order valence-electron chi connectivity index (χ0n) is 10.7. The smallest absolute Gasteiger partial charge is 0.349 e. The number of thiazole rings is 1. The third kappa shape index (κ3) is 2.85. The number of fused-ring (bicyclic) bond motifs is 1. The molecule has 0 unspecified atom stereocenters. The summed E-state index contributed by atoms with van der Waals surface area (Å²) in [7, 11) is 3.82. The number of nitrogens with zero attached hydrogens (tertiary/aromatic N) is 2. The van der Waals surface area contributed by atoms with E-state index in [0.717, 1.165) is 14.7 Å². The molecule has 0 aromatic carbocycles. The molecule has 2 rings (SSSR count). The minimum atomic E-state index is -0.932. The number of carbonyl (C=O) groups excluding carboxylic acids is 2. The maximum Gasteiger partial charge on any atom is 0.349 e. The Bertz CT molecular complexity index is 601. The molecule has 0 aliphatic rings. The molecule has 0 saturated carbocycles. The average molecular weight is 299 g/mol. The molecule has 19 heavy (non-hydrogen) atoms. The second-order valence-electron chi connectivity index (χ2n) is 4.12. The predicted octanol–water partition coefficient (Wildman–Crippen LogP) is 1.45. The summed E-state index contributed by atoms with van der Waals surface area (Å²) in [4.78, 5) is 30.1. The Labute approximate surface area is 117 Å². The highest BCUT2D eigenvalue weighted by molar-refractivity contribution is 7.29. The van der Waals surface area contributed by atoms with E-state index in [-0.39, 0.29) is 0 Å². The van der Waals surface area contributed by atoms with Crippen molar-refractivity contribution in [2.24, 2.45) is 5.73 Å². The summed E-state index contributed by atoms with van der Waals surface area (Å²) in [6, 6.07) is 1.72. The molecule has 2 aromatic heterocycles. The summed E-state index contributed by atoms with van der Waals surface area (Å²) < 4.78 is 5.86. The normalized spacial score (nSPS) is 12.4. The number of rotatable bonds is 4. The lowest BCUT2D eigenvalue weighted by Crippen LogP contribution is -2.30. The van der Waals surface area contributed by atoms with Gasteiger partial charge in [0.1, 0.15) is 9.71 Å². The third-order valence-electron chi connectivity index (χ3n) is 2.35. The lowest BCUT2D eigenvalue weighted by atomic mass is 10.4. The molecule has 1 atom stereocenters. The van der Waals surface area contributed by atoms with E-state index in [0.29, 0.717) is 4.88 Å². The second-order valence-corrected chi connectivity index (χ2v) is 6.16. The molecule has 0 bridgehead atoms. The van der Waals surface area contributed by atoms with Crippen molar-refractivity contribution < 1.29 is 14.3 Å². The standard InChI is InChI=1S/C11H13N3O3S2/c1-5(8(12)15)17-10(16)7-4-6-9(18-7)13-11(19-6)14(2)3/h4-5H,1-3H3,(H2,12,15)/t5-/m1/s1. The number of hydrogen-bond donors (Lipinski definition) is 1. The van der Waals surface area contributed by atoms with E-state index in [1.807, 2.05) is 19.0 Å². The zero-order valence-corrected chi connectivity index (χ0v) is 12.3. The number of primary amides is 1. The first kappa shape index (κ1) is 13.8. The van der Waals surface area contributed by atoms with Gasteiger partial charge in [0.2, 0.25) is 0 Å². The van der Waals surface area contributed by atoms with Gasteiger partial charge >= 0.3 is 5.97 Å². The van der Waals surface area contributed by atoms with Crippen LogP contribution in [0.5, 0.6) is 0 Å². The first-order valence-electron chi connectivity index (χ1n) is 5.46. The van der Waals surface area contributed by atoms with Crippen molar-refractivity contribution in [3.05, 3.63) is 10.9 Å². The molecule has 2 N–H and O–H groups in total. The first-order chi connectivity index (χ1) is 8.88. The van der Waals surface area contributed by atoms with Crippen LogP contribution in [0, 0.1) is 0 Å². The minimum absolute atomic E-state index is 0.423. The Kier molecular flexibility index (Phi) is 3.72. The monoisotopic (exact) mass is 299 g/mol. The minimum Gasteiger partial charge on any atom is -0.448 e. The van der Waals surface area contributed by atoms with Crippen molar-refractivity contribution in [1.29, 1.82) is 0 Å². The van der Waals surface area contributed by atoms with E-state index < -0.39 is 18.0 Å². The van der Waals surface area contributed by atoms with Crippen LogP contribution < -0.4 is 10.6 Å². The van der Waals surface area contributed by atoms with E-state index in [9.17, 15) is 9.59 Å². The van der Waals surface area contributed by atoms with Gasteiger partial charge in [0.05, 0.1) is 4.70 Å². The first-order valence-corrected chi connectivity index (χ1v) is 7.09. The van der Waals surface area contributed by atoms with Gasteiger partial charge in [0, 0.05) is 14.1 Å². The summed E-state index contributed by atoms with van der Waals surface area (Å²) in [6.07, 6.45) is -0.932. The molecule has 6 nitrogen and oxygen atoms in total. The number of aromatic nitrogens is 1. The second kappa shape index (κ2) is 5.14. The summed E-state index contributed by atoms with van der Waals surface area (Å²) >= 11 is 2.74. The van der Waals surface area contributed by atoms with Gasteiger partial charge in [0.15, 0.2) is 11.2 Å². The van der Waals surface area contributed by atoms with Crippen LogP contribution in [0.2, 0.25) is 0 Å². The van der Waals surface area contributed by atoms with Crippen molar-refractivity contribution in [2.45, 2.75) is 13.0 Å². The number of amides is 1. The molecule has 2 heterocycles. The largest absolute Gasteiger partial charge is 0.448 e. The SMILES string of the molecule is C[C@@H](OC(=O)c1cc2sc(N(C)C)nc2s1)C(N)=O.